The van der Waals surface area contributed by atoms with Crippen molar-refractivity contribution in [3.05, 3.63) is 96.2 Å². The normalized spacial score (nSPS) is 16.6. The van der Waals surface area contributed by atoms with Crippen LogP contribution in [-0.2, 0) is 0 Å². The van der Waals surface area contributed by atoms with Gasteiger partial charge in [-0.3, -0.25) is 5.32 Å². The molecule has 2 N–H and O–H groups in total. The summed E-state index contributed by atoms with van der Waals surface area (Å²) >= 11 is 0. The lowest BCUT2D eigenvalue weighted by Crippen LogP contribution is -2.56. The molecule has 118 valence electrons. The highest BCUT2D eigenvalue weighted by Gasteiger charge is 2.30. The molecule has 3 rings (SSSR count). The van der Waals surface area contributed by atoms with Crippen LogP contribution in [0, 0.1) is 0 Å². The monoisotopic (exact) mass is 306 g/mol. The minimum atomic E-state index is -1.16. The minimum absolute atomic E-state index is 0.0910. The van der Waals surface area contributed by atoms with Crippen LogP contribution in [0.25, 0.3) is 0 Å². The molecule has 0 saturated carbocycles. The average Bonchev–Trinajstić information content (AvgIpc) is 2.62. The van der Waals surface area contributed by atoms with Gasteiger partial charge in [0.15, 0.2) is 5.85 Å². The van der Waals surface area contributed by atoms with E-state index in [-0.39, 0.29) is 6.04 Å². The molecule has 0 saturated heterocycles. The smallest absolute Gasteiger partial charge is 0.192 e. The molecule has 3 heteroatoms. The van der Waals surface area contributed by atoms with Gasteiger partial charge in [0.05, 0.1) is 6.04 Å². The third-order valence-corrected chi connectivity index (χ3v) is 4.06. The van der Waals surface area contributed by atoms with Crippen molar-refractivity contribution < 1.29 is 5.11 Å². The molecule has 0 amide bonds. The van der Waals surface area contributed by atoms with E-state index in [2.05, 4.69) is 29.6 Å². The fraction of sp³-hybridized carbons (Fsp3) is 0.200. The van der Waals surface area contributed by atoms with Crippen molar-refractivity contribution in [2.24, 2.45) is 0 Å². The van der Waals surface area contributed by atoms with Crippen LogP contribution in [0.15, 0.2) is 85.1 Å². The number of nitrogens with one attached hydrogen (secondary N) is 1. The van der Waals surface area contributed by atoms with E-state index in [1.165, 1.54) is 0 Å². The highest BCUT2D eigenvalue weighted by molar-refractivity contribution is 5.32. The van der Waals surface area contributed by atoms with Gasteiger partial charge in [0.1, 0.15) is 0 Å². The number of hydrogen-bond acceptors (Lipinski definition) is 3. The number of aliphatic hydroxyl groups is 1. The van der Waals surface area contributed by atoms with Crippen LogP contribution < -0.4 is 5.32 Å². The molecule has 1 aliphatic rings. The van der Waals surface area contributed by atoms with Crippen molar-refractivity contribution in [1.29, 1.82) is 0 Å². The van der Waals surface area contributed by atoms with Crippen LogP contribution in [0.1, 0.15) is 24.1 Å². The lowest BCUT2D eigenvalue weighted by molar-refractivity contribution is -0.0959. The zero-order chi connectivity index (χ0) is 16.1. The zero-order valence-corrected chi connectivity index (χ0v) is 13.3. The lowest BCUT2D eigenvalue weighted by Gasteiger charge is -2.40. The van der Waals surface area contributed by atoms with E-state index in [9.17, 15) is 5.11 Å². The molecule has 1 atom stereocenters. The standard InChI is InChI=1S/C20H22N2O/c1-20(23,22-15-9-4-10-16-22)21-19(17-11-5-2-6-12-17)18-13-7-3-8-14-18/h2-15,19,21,23H,16H2,1H3. The van der Waals surface area contributed by atoms with E-state index in [0.717, 1.165) is 11.1 Å². The SMILES string of the molecule is CC(O)(NC(c1ccccc1)c1ccccc1)N1C=CC=CC1. The third-order valence-electron chi connectivity index (χ3n) is 4.06. The molecular formula is C20H22N2O. The van der Waals surface area contributed by atoms with E-state index in [0.29, 0.717) is 6.54 Å². The van der Waals surface area contributed by atoms with Gasteiger partial charge in [-0.05, 0) is 24.1 Å². The van der Waals surface area contributed by atoms with Crippen LogP contribution in [-0.4, -0.2) is 22.4 Å². The maximum Gasteiger partial charge on any atom is 0.192 e. The predicted octanol–water partition coefficient (Wildman–Crippen LogP) is 3.42. The van der Waals surface area contributed by atoms with Crippen LogP contribution in [0.5, 0.6) is 0 Å². The third kappa shape index (κ3) is 3.70. The second kappa shape index (κ2) is 6.82. The van der Waals surface area contributed by atoms with Gasteiger partial charge in [-0.1, -0.05) is 72.8 Å². The van der Waals surface area contributed by atoms with E-state index in [1.807, 2.05) is 65.7 Å². The van der Waals surface area contributed by atoms with E-state index in [4.69, 9.17) is 0 Å². The summed E-state index contributed by atoms with van der Waals surface area (Å²) in [7, 11) is 0. The maximum absolute atomic E-state index is 11.0. The van der Waals surface area contributed by atoms with Crippen LogP contribution in [0.4, 0.5) is 0 Å². The summed E-state index contributed by atoms with van der Waals surface area (Å²) < 4.78 is 0. The van der Waals surface area contributed by atoms with Crippen molar-refractivity contribution in [2.75, 3.05) is 6.54 Å². The Morgan fingerprint density at radius 1 is 0.957 bits per heavy atom. The molecule has 1 unspecified atom stereocenters. The Morgan fingerprint density at radius 3 is 2.00 bits per heavy atom. The van der Waals surface area contributed by atoms with Gasteiger partial charge < -0.3 is 10.0 Å². The number of hydrogen-bond donors (Lipinski definition) is 2. The van der Waals surface area contributed by atoms with Crippen molar-refractivity contribution in [3.63, 3.8) is 0 Å². The number of benzene rings is 2. The van der Waals surface area contributed by atoms with Crippen molar-refractivity contribution in [2.45, 2.75) is 18.8 Å². The quantitative estimate of drug-likeness (QED) is 0.831. The summed E-state index contributed by atoms with van der Waals surface area (Å²) in [6, 6.07) is 20.3. The summed E-state index contributed by atoms with van der Waals surface area (Å²) in [5.74, 6) is -1.16. The first-order valence-corrected chi connectivity index (χ1v) is 7.87. The molecule has 0 radical (unpaired) electrons. The van der Waals surface area contributed by atoms with Crippen molar-refractivity contribution in [1.82, 2.24) is 10.2 Å². The molecule has 2 aromatic rings. The molecule has 3 nitrogen and oxygen atoms in total. The Morgan fingerprint density at radius 2 is 1.52 bits per heavy atom. The van der Waals surface area contributed by atoms with Crippen LogP contribution >= 0.6 is 0 Å². The summed E-state index contributed by atoms with van der Waals surface area (Å²) in [5, 5.41) is 14.4. The second-order valence-corrected chi connectivity index (χ2v) is 5.84. The second-order valence-electron chi connectivity index (χ2n) is 5.84. The van der Waals surface area contributed by atoms with Gasteiger partial charge in [0.2, 0.25) is 0 Å². The molecule has 23 heavy (non-hydrogen) atoms. The van der Waals surface area contributed by atoms with Crippen LogP contribution in [0.2, 0.25) is 0 Å². The van der Waals surface area contributed by atoms with E-state index in [1.54, 1.807) is 6.92 Å². The molecule has 0 fully saturated rings. The predicted molar refractivity (Wildman–Crippen MR) is 93.5 cm³/mol. The molecular weight excluding hydrogens is 284 g/mol. The molecule has 0 aromatic heterocycles. The molecule has 2 aromatic carbocycles. The van der Waals surface area contributed by atoms with Crippen molar-refractivity contribution >= 4 is 0 Å². The zero-order valence-electron chi connectivity index (χ0n) is 13.3. The Kier molecular flexibility index (Phi) is 4.60. The van der Waals surface area contributed by atoms with Gasteiger partial charge in [0, 0.05) is 12.7 Å². The van der Waals surface area contributed by atoms with Gasteiger partial charge in [-0.2, -0.15) is 0 Å². The number of nitrogens with zero attached hydrogens (tertiary/aromatic N) is 1. The van der Waals surface area contributed by atoms with Gasteiger partial charge >= 0.3 is 0 Å². The van der Waals surface area contributed by atoms with Crippen molar-refractivity contribution in [3.8, 4) is 0 Å². The van der Waals surface area contributed by atoms with E-state index >= 15 is 0 Å². The molecule has 0 spiro atoms. The summed E-state index contributed by atoms with van der Waals surface area (Å²) in [6.07, 6.45) is 7.84. The van der Waals surface area contributed by atoms with Gasteiger partial charge in [-0.15, -0.1) is 0 Å². The first-order valence-electron chi connectivity index (χ1n) is 7.87. The number of allylic oxidation sites excluding steroid dienone is 2. The highest BCUT2D eigenvalue weighted by atomic mass is 16.3. The Balaban J connectivity index is 1.90. The molecule has 0 bridgehead atoms. The van der Waals surface area contributed by atoms with Gasteiger partial charge in [0.25, 0.3) is 0 Å². The summed E-state index contributed by atoms with van der Waals surface area (Å²) in [4.78, 5) is 1.88. The fourth-order valence-corrected chi connectivity index (χ4v) is 2.80. The summed E-state index contributed by atoms with van der Waals surface area (Å²) in [6.45, 7) is 2.46. The largest absolute Gasteiger partial charge is 0.359 e. The Labute approximate surface area is 137 Å². The minimum Gasteiger partial charge on any atom is -0.359 e. The average molecular weight is 306 g/mol. The molecule has 1 heterocycles. The maximum atomic E-state index is 11.0. The van der Waals surface area contributed by atoms with Crippen LogP contribution in [0.3, 0.4) is 0 Å². The van der Waals surface area contributed by atoms with E-state index < -0.39 is 5.85 Å². The molecule has 1 aliphatic heterocycles. The Hall–Kier alpha value is -2.36. The highest BCUT2D eigenvalue weighted by Crippen LogP contribution is 2.25. The molecule has 0 aliphatic carbocycles. The lowest BCUT2D eigenvalue weighted by atomic mass is 9.98. The summed E-state index contributed by atoms with van der Waals surface area (Å²) in [5.41, 5.74) is 2.24. The Bertz CT molecular complexity index is 638. The fourth-order valence-electron chi connectivity index (χ4n) is 2.80. The first kappa shape index (κ1) is 15.5. The number of rotatable bonds is 5. The van der Waals surface area contributed by atoms with Gasteiger partial charge in [-0.25, -0.2) is 0 Å². The first-order chi connectivity index (χ1) is 11.2. The topological polar surface area (TPSA) is 35.5 Å².